The highest BCUT2D eigenvalue weighted by Crippen LogP contribution is 2.15. The maximum absolute atomic E-state index is 12.3. The first-order chi connectivity index (χ1) is 12.7. The molecule has 0 bridgehead atoms. The lowest BCUT2D eigenvalue weighted by molar-refractivity contribution is -0.117. The maximum atomic E-state index is 12.3. The zero-order valence-electron chi connectivity index (χ0n) is 15.1. The number of aromatic nitrogens is 2. The number of nitrogens with one attached hydrogen (secondary N) is 1. The van der Waals surface area contributed by atoms with Crippen molar-refractivity contribution in [2.45, 2.75) is 26.4 Å². The average Bonchev–Trinajstić information content (AvgIpc) is 3.11. The van der Waals surface area contributed by atoms with E-state index in [9.17, 15) is 4.79 Å². The Kier molecular flexibility index (Phi) is 6.32. The van der Waals surface area contributed by atoms with Crippen LogP contribution in [0.2, 0.25) is 0 Å². The second-order valence-corrected chi connectivity index (χ2v) is 6.42. The van der Waals surface area contributed by atoms with Crippen molar-refractivity contribution in [2.75, 3.05) is 38.0 Å². The van der Waals surface area contributed by atoms with Crippen molar-refractivity contribution in [3.63, 3.8) is 0 Å². The van der Waals surface area contributed by atoms with Crippen molar-refractivity contribution in [1.29, 1.82) is 0 Å². The van der Waals surface area contributed by atoms with E-state index >= 15 is 0 Å². The Labute approximate surface area is 153 Å². The average molecular weight is 358 g/mol. The molecule has 0 spiro atoms. The molecular weight excluding hydrogens is 332 g/mol. The fraction of sp³-hybridized carbons (Fsp3) is 0.500. The van der Waals surface area contributed by atoms with Gasteiger partial charge in [0, 0.05) is 31.9 Å². The molecule has 1 amide bonds. The summed E-state index contributed by atoms with van der Waals surface area (Å²) in [6.45, 7) is 6.81. The van der Waals surface area contributed by atoms with Crippen molar-refractivity contribution in [1.82, 2.24) is 19.9 Å². The predicted molar refractivity (Wildman–Crippen MR) is 98.4 cm³/mol. The minimum absolute atomic E-state index is 0.0325. The van der Waals surface area contributed by atoms with Gasteiger partial charge in [-0.2, -0.15) is 4.98 Å². The first-order valence-corrected chi connectivity index (χ1v) is 9.02. The number of aryl methyl sites for hydroxylation is 1. The van der Waals surface area contributed by atoms with Crippen molar-refractivity contribution in [3.8, 4) is 0 Å². The number of hydrogen-bond donors (Lipinski definition) is 2. The van der Waals surface area contributed by atoms with E-state index in [0.29, 0.717) is 24.8 Å². The number of carbonyl (C=O) groups excluding carboxylic acids is 1. The molecule has 1 aliphatic rings. The summed E-state index contributed by atoms with van der Waals surface area (Å²) in [4.78, 5) is 21.0. The van der Waals surface area contributed by atoms with Gasteiger partial charge in [0.2, 0.25) is 11.8 Å². The van der Waals surface area contributed by atoms with Gasteiger partial charge in [0.15, 0.2) is 5.82 Å². The fourth-order valence-corrected chi connectivity index (χ4v) is 3.09. The number of nitrogens with two attached hydrogens (primary N) is 1. The molecule has 1 aliphatic heterocycles. The second kappa shape index (κ2) is 8.88. The van der Waals surface area contributed by atoms with Crippen molar-refractivity contribution < 1.29 is 9.32 Å². The normalized spacial score (nSPS) is 15.9. The van der Waals surface area contributed by atoms with E-state index in [2.05, 4.69) is 32.2 Å². The molecule has 8 heteroatoms. The minimum Gasteiger partial charge on any atom is -0.338 e. The Bertz CT molecular complexity index is 724. The Hall–Kier alpha value is -2.29. The largest absolute Gasteiger partial charge is 0.338 e. The zero-order valence-corrected chi connectivity index (χ0v) is 15.1. The van der Waals surface area contributed by atoms with Gasteiger partial charge < -0.3 is 15.6 Å². The van der Waals surface area contributed by atoms with Crippen molar-refractivity contribution in [2.24, 2.45) is 5.73 Å². The van der Waals surface area contributed by atoms with Gasteiger partial charge in [0.25, 0.3) is 0 Å². The van der Waals surface area contributed by atoms with E-state index in [4.69, 9.17) is 10.3 Å². The van der Waals surface area contributed by atoms with E-state index in [1.165, 1.54) is 0 Å². The van der Waals surface area contributed by atoms with E-state index in [-0.39, 0.29) is 12.5 Å². The van der Waals surface area contributed by atoms with E-state index in [1.807, 2.05) is 24.3 Å². The predicted octanol–water partition coefficient (Wildman–Crippen LogP) is 0.847. The van der Waals surface area contributed by atoms with E-state index < -0.39 is 0 Å². The van der Waals surface area contributed by atoms with Crippen LogP contribution < -0.4 is 11.1 Å². The van der Waals surface area contributed by atoms with Crippen molar-refractivity contribution >= 4 is 11.6 Å². The standard InChI is InChI=1S/C18H26N6O2/c1-2-14-5-3-4-6-15(14)20-17(25)13-24-9-7-23(8-10-24)12-16-21-18(11-19)26-22-16/h3-6H,2,7-13,19H2,1H3,(H,20,25). The number of amides is 1. The fourth-order valence-electron chi connectivity index (χ4n) is 3.09. The molecule has 1 saturated heterocycles. The zero-order chi connectivity index (χ0) is 18.4. The highest BCUT2D eigenvalue weighted by atomic mass is 16.5. The summed E-state index contributed by atoms with van der Waals surface area (Å²) < 4.78 is 5.03. The first-order valence-electron chi connectivity index (χ1n) is 9.02. The quantitative estimate of drug-likeness (QED) is 0.756. The third kappa shape index (κ3) is 4.87. The number of rotatable bonds is 7. The number of para-hydroxylation sites is 1. The van der Waals surface area contributed by atoms with Crippen LogP contribution in [0.15, 0.2) is 28.8 Å². The number of anilines is 1. The summed E-state index contributed by atoms with van der Waals surface area (Å²) in [5, 5.41) is 6.96. The van der Waals surface area contributed by atoms with Gasteiger partial charge in [-0.1, -0.05) is 30.3 Å². The van der Waals surface area contributed by atoms with Crippen LogP contribution in [0.3, 0.4) is 0 Å². The Morgan fingerprint density at radius 3 is 2.65 bits per heavy atom. The Morgan fingerprint density at radius 1 is 1.23 bits per heavy atom. The number of piperazine rings is 1. The van der Waals surface area contributed by atoms with Gasteiger partial charge in [-0.15, -0.1) is 0 Å². The van der Waals surface area contributed by atoms with Gasteiger partial charge >= 0.3 is 0 Å². The molecule has 1 aromatic heterocycles. The van der Waals surface area contributed by atoms with Crippen LogP contribution in [-0.4, -0.2) is 58.6 Å². The summed E-state index contributed by atoms with van der Waals surface area (Å²) in [6.07, 6.45) is 0.900. The van der Waals surface area contributed by atoms with Crippen LogP contribution >= 0.6 is 0 Å². The molecule has 26 heavy (non-hydrogen) atoms. The molecule has 8 nitrogen and oxygen atoms in total. The highest BCUT2D eigenvalue weighted by Gasteiger charge is 2.20. The Morgan fingerprint density at radius 2 is 1.96 bits per heavy atom. The maximum Gasteiger partial charge on any atom is 0.240 e. The van der Waals surface area contributed by atoms with E-state index in [0.717, 1.165) is 43.9 Å². The molecule has 3 N–H and O–H groups in total. The molecule has 0 unspecified atom stereocenters. The summed E-state index contributed by atoms with van der Waals surface area (Å²) in [6, 6.07) is 7.94. The smallest absolute Gasteiger partial charge is 0.240 e. The number of nitrogens with zero attached hydrogens (tertiary/aromatic N) is 4. The lowest BCUT2D eigenvalue weighted by Crippen LogP contribution is -2.48. The van der Waals surface area contributed by atoms with Gasteiger partial charge in [-0.3, -0.25) is 14.6 Å². The number of hydrogen-bond acceptors (Lipinski definition) is 7. The molecule has 0 saturated carbocycles. The van der Waals surface area contributed by atoms with Crippen LogP contribution in [0.4, 0.5) is 5.69 Å². The third-order valence-corrected chi connectivity index (χ3v) is 4.55. The first kappa shape index (κ1) is 18.5. The monoisotopic (exact) mass is 358 g/mol. The summed E-state index contributed by atoms with van der Waals surface area (Å²) in [5.74, 6) is 1.15. The molecule has 0 atom stereocenters. The summed E-state index contributed by atoms with van der Waals surface area (Å²) in [7, 11) is 0. The summed E-state index contributed by atoms with van der Waals surface area (Å²) in [5.41, 5.74) is 7.54. The molecule has 2 heterocycles. The lowest BCUT2D eigenvalue weighted by Gasteiger charge is -2.33. The van der Waals surface area contributed by atoms with Gasteiger partial charge in [-0.25, -0.2) is 0 Å². The Balaban J connectivity index is 1.44. The van der Waals surface area contributed by atoms with Gasteiger partial charge in [-0.05, 0) is 18.1 Å². The van der Waals surface area contributed by atoms with Crippen LogP contribution in [-0.2, 0) is 24.3 Å². The van der Waals surface area contributed by atoms with Crippen LogP contribution in [0.25, 0.3) is 0 Å². The summed E-state index contributed by atoms with van der Waals surface area (Å²) >= 11 is 0. The van der Waals surface area contributed by atoms with Gasteiger partial charge in [0.1, 0.15) is 0 Å². The molecule has 3 rings (SSSR count). The minimum atomic E-state index is 0.0325. The molecule has 2 aromatic rings. The topological polar surface area (TPSA) is 101 Å². The molecule has 140 valence electrons. The second-order valence-electron chi connectivity index (χ2n) is 6.42. The lowest BCUT2D eigenvalue weighted by atomic mass is 10.1. The van der Waals surface area contributed by atoms with Crippen LogP contribution in [0, 0.1) is 0 Å². The molecular formula is C18H26N6O2. The molecule has 1 fully saturated rings. The van der Waals surface area contributed by atoms with Crippen LogP contribution in [0.5, 0.6) is 0 Å². The molecule has 1 aromatic carbocycles. The van der Waals surface area contributed by atoms with Crippen molar-refractivity contribution in [3.05, 3.63) is 41.5 Å². The van der Waals surface area contributed by atoms with Gasteiger partial charge in [0.05, 0.1) is 19.6 Å². The van der Waals surface area contributed by atoms with E-state index in [1.54, 1.807) is 0 Å². The van der Waals surface area contributed by atoms with Crippen LogP contribution in [0.1, 0.15) is 24.2 Å². The molecule has 0 radical (unpaired) electrons. The molecule has 0 aliphatic carbocycles. The third-order valence-electron chi connectivity index (χ3n) is 4.55. The highest BCUT2D eigenvalue weighted by molar-refractivity contribution is 5.93. The SMILES string of the molecule is CCc1ccccc1NC(=O)CN1CCN(Cc2noc(CN)n2)CC1. The number of carbonyl (C=O) groups is 1. The number of benzene rings is 1.